The third-order valence-electron chi connectivity index (χ3n) is 5.92. The number of morpholine rings is 1. The smallest absolute Gasteiger partial charge is 0.252 e. The normalized spacial score (nSPS) is 14.4. The summed E-state index contributed by atoms with van der Waals surface area (Å²) in [5.74, 6) is -0.105. The highest BCUT2D eigenvalue weighted by molar-refractivity contribution is 6.06. The molecule has 2 aromatic heterocycles. The van der Waals surface area contributed by atoms with Crippen molar-refractivity contribution >= 4 is 16.9 Å². The van der Waals surface area contributed by atoms with Crippen molar-refractivity contribution in [2.24, 2.45) is 0 Å². The molecule has 0 bridgehead atoms. The number of nitrogens with zero attached hydrogens (tertiary/aromatic N) is 4. The Morgan fingerprint density at radius 2 is 1.73 bits per heavy atom. The predicted molar refractivity (Wildman–Crippen MR) is 128 cm³/mol. The number of carbonyl (C=O) groups excluding carboxylic acids is 1. The number of hydrogen-bond donors (Lipinski definition) is 1. The lowest BCUT2D eigenvalue weighted by Crippen LogP contribution is -2.41. The quantitative estimate of drug-likeness (QED) is 0.477. The van der Waals surface area contributed by atoms with Crippen LogP contribution in [-0.2, 0) is 11.3 Å². The van der Waals surface area contributed by atoms with Gasteiger partial charge in [-0.05, 0) is 11.6 Å². The summed E-state index contributed by atoms with van der Waals surface area (Å²) in [5, 5.41) is 8.42. The average molecular weight is 442 g/mol. The van der Waals surface area contributed by atoms with E-state index in [1.165, 1.54) is 0 Å². The highest BCUT2D eigenvalue weighted by Gasteiger charge is 2.18. The topological polar surface area (TPSA) is 72.3 Å². The Bertz CT molecular complexity index is 1220. The molecule has 0 saturated carbocycles. The fraction of sp³-hybridized carbons (Fsp3) is 0.269. The van der Waals surface area contributed by atoms with Crippen LogP contribution in [0.5, 0.6) is 0 Å². The van der Waals surface area contributed by atoms with Crippen molar-refractivity contribution in [1.29, 1.82) is 0 Å². The number of hydrogen-bond acceptors (Lipinski definition) is 5. The lowest BCUT2D eigenvalue weighted by molar-refractivity contribution is 0.0383. The molecule has 1 aliphatic rings. The van der Waals surface area contributed by atoms with E-state index in [1.54, 1.807) is 6.20 Å². The van der Waals surface area contributed by atoms with Crippen molar-refractivity contribution in [2.45, 2.75) is 6.54 Å². The monoisotopic (exact) mass is 441 g/mol. The SMILES string of the molecule is O=C(NCCN1CCOCC1)c1cc(-c2ccccc2)nc2c1cnn2Cc1ccccc1. The van der Waals surface area contributed by atoms with Crippen molar-refractivity contribution in [1.82, 2.24) is 25.0 Å². The van der Waals surface area contributed by atoms with Crippen LogP contribution < -0.4 is 5.32 Å². The van der Waals surface area contributed by atoms with Gasteiger partial charge in [-0.1, -0.05) is 60.7 Å². The van der Waals surface area contributed by atoms with Gasteiger partial charge in [0.25, 0.3) is 5.91 Å². The van der Waals surface area contributed by atoms with E-state index in [9.17, 15) is 4.79 Å². The van der Waals surface area contributed by atoms with E-state index < -0.39 is 0 Å². The van der Waals surface area contributed by atoms with Gasteiger partial charge in [-0.25, -0.2) is 9.67 Å². The Morgan fingerprint density at radius 3 is 2.48 bits per heavy atom. The van der Waals surface area contributed by atoms with E-state index in [1.807, 2.05) is 59.3 Å². The number of amides is 1. The Kier molecular flexibility index (Phi) is 6.41. The van der Waals surface area contributed by atoms with Gasteiger partial charge in [-0.3, -0.25) is 9.69 Å². The second-order valence-electron chi connectivity index (χ2n) is 8.16. The average Bonchev–Trinajstić information content (AvgIpc) is 3.28. The third kappa shape index (κ3) is 4.94. The molecule has 0 atom stereocenters. The molecule has 2 aromatic carbocycles. The van der Waals surface area contributed by atoms with Crippen molar-refractivity contribution in [2.75, 3.05) is 39.4 Å². The Labute approximate surface area is 193 Å². The first-order valence-corrected chi connectivity index (χ1v) is 11.3. The summed E-state index contributed by atoms with van der Waals surface area (Å²) in [7, 11) is 0. The summed E-state index contributed by atoms with van der Waals surface area (Å²) < 4.78 is 7.26. The van der Waals surface area contributed by atoms with Gasteiger partial charge in [0, 0.05) is 31.7 Å². The maximum atomic E-state index is 13.2. The van der Waals surface area contributed by atoms with Crippen molar-refractivity contribution in [3.63, 3.8) is 0 Å². The van der Waals surface area contributed by atoms with Crippen LogP contribution in [0, 0.1) is 0 Å². The first-order valence-electron chi connectivity index (χ1n) is 11.3. The van der Waals surface area contributed by atoms with Gasteiger partial charge < -0.3 is 10.1 Å². The molecule has 7 nitrogen and oxygen atoms in total. The number of pyridine rings is 1. The molecule has 5 rings (SSSR count). The number of nitrogens with one attached hydrogen (secondary N) is 1. The molecule has 7 heteroatoms. The summed E-state index contributed by atoms with van der Waals surface area (Å²) in [6, 6.07) is 22.0. The zero-order chi connectivity index (χ0) is 22.5. The van der Waals surface area contributed by atoms with Crippen molar-refractivity contribution in [3.05, 3.63) is 84.1 Å². The van der Waals surface area contributed by atoms with Crippen LogP contribution in [0.2, 0.25) is 0 Å². The molecule has 4 aromatic rings. The maximum Gasteiger partial charge on any atom is 0.252 e. The summed E-state index contributed by atoms with van der Waals surface area (Å²) in [5.41, 5.74) is 4.16. The highest BCUT2D eigenvalue weighted by atomic mass is 16.5. The standard InChI is InChI=1S/C26H27N5O2/c32-26(27-11-12-30-13-15-33-16-14-30)22-17-24(21-9-5-2-6-10-21)29-25-23(22)18-28-31(25)19-20-7-3-1-4-8-20/h1-10,17-18H,11-16,19H2,(H,27,32). The fourth-order valence-electron chi connectivity index (χ4n) is 4.11. The van der Waals surface area contributed by atoms with Crippen molar-refractivity contribution in [3.8, 4) is 11.3 Å². The number of rotatable bonds is 7. The molecule has 33 heavy (non-hydrogen) atoms. The Balaban J connectivity index is 1.45. The van der Waals surface area contributed by atoms with Crippen LogP contribution >= 0.6 is 0 Å². The molecule has 1 fully saturated rings. The molecule has 1 amide bonds. The van der Waals surface area contributed by atoms with Crippen LogP contribution in [0.3, 0.4) is 0 Å². The van der Waals surface area contributed by atoms with Gasteiger partial charge in [0.1, 0.15) is 0 Å². The van der Waals surface area contributed by atoms with Crippen LogP contribution in [0.4, 0.5) is 0 Å². The first kappa shape index (κ1) is 21.3. The van der Waals surface area contributed by atoms with Crippen molar-refractivity contribution < 1.29 is 9.53 Å². The summed E-state index contributed by atoms with van der Waals surface area (Å²) >= 11 is 0. The number of benzene rings is 2. The minimum atomic E-state index is -0.105. The molecule has 0 unspecified atom stereocenters. The summed E-state index contributed by atoms with van der Waals surface area (Å²) in [6.45, 7) is 5.29. The first-order chi connectivity index (χ1) is 16.3. The number of carbonyl (C=O) groups is 1. The lowest BCUT2D eigenvalue weighted by Gasteiger charge is -2.26. The van der Waals surface area contributed by atoms with E-state index in [0.29, 0.717) is 24.3 Å². The molecule has 0 aliphatic carbocycles. The highest BCUT2D eigenvalue weighted by Crippen LogP contribution is 2.25. The molecule has 0 spiro atoms. The number of fused-ring (bicyclic) bond motifs is 1. The van der Waals surface area contributed by atoms with E-state index >= 15 is 0 Å². The molecular formula is C26H27N5O2. The number of ether oxygens (including phenoxy) is 1. The molecule has 0 radical (unpaired) electrons. The second-order valence-corrected chi connectivity index (χ2v) is 8.16. The molecule has 168 valence electrons. The lowest BCUT2D eigenvalue weighted by atomic mass is 10.1. The van der Waals surface area contributed by atoms with Crippen LogP contribution in [0.25, 0.3) is 22.3 Å². The van der Waals surface area contributed by atoms with E-state index in [0.717, 1.165) is 55.1 Å². The Morgan fingerprint density at radius 1 is 1.00 bits per heavy atom. The van der Waals surface area contributed by atoms with Crippen LogP contribution in [0.1, 0.15) is 15.9 Å². The van der Waals surface area contributed by atoms with Gasteiger partial charge in [-0.2, -0.15) is 5.10 Å². The predicted octanol–water partition coefficient (Wildman–Crippen LogP) is 3.21. The van der Waals surface area contributed by atoms with E-state index in [2.05, 4.69) is 27.4 Å². The zero-order valence-electron chi connectivity index (χ0n) is 18.5. The molecule has 1 aliphatic heterocycles. The van der Waals surface area contributed by atoms with E-state index in [4.69, 9.17) is 9.72 Å². The summed E-state index contributed by atoms with van der Waals surface area (Å²) in [4.78, 5) is 20.4. The van der Waals surface area contributed by atoms with Crippen LogP contribution in [-0.4, -0.2) is 65.0 Å². The third-order valence-corrected chi connectivity index (χ3v) is 5.92. The number of aromatic nitrogens is 3. The largest absolute Gasteiger partial charge is 0.379 e. The van der Waals surface area contributed by atoms with Gasteiger partial charge >= 0.3 is 0 Å². The minimum absolute atomic E-state index is 0.105. The minimum Gasteiger partial charge on any atom is -0.379 e. The van der Waals surface area contributed by atoms with Crippen LogP contribution in [0.15, 0.2) is 72.9 Å². The zero-order valence-corrected chi connectivity index (χ0v) is 18.5. The van der Waals surface area contributed by atoms with Gasteiger partial charge in [0.05, 0.1) is 42.6 Å². The van der Waals surface area contributed by atoms with Gasteiger partial charge in [0.2, 0.25) is 0 Å². The maximum absolute atomic E-state index is 13.2. The van der Waals surface area contributed by atoms with Gasteiger partial charge in [0.15, 0.2) is 5.65 Å². The second kappa shape index (κ2) is 9.94. The molecular weight excluding hydrogens is 414 g/mol. The fourth-order valence-corrected chi connectivity index (χ4v) is 4.11. The molecule has 3 heterocycles. The molecule has 1 N–H and O–H groups in total. The Hall–Kier alpha value is -3.55. The van der Waals surface area contributed by atoms with E-state index in [-0.39, 0.29) is 5.91 Å². The van der Waals surface area contributed by atoms with Gasteiger partial charge in [-0.15, -0.1) is 0 Å². The molecule has 1 saturated heterocycles. The summed E-state index contributed by atoms with van der Waals surface area (Å²) in [6.07, 6.45) is 1.75.